The lowest BCUT2D eigenvalue weighted by molar-refractivity contribution is 0.0954. The molecule has 0 bridgehead atoms. The van der Waals surface area contributed by atoms with Crippen molar-refractivity contribution in [1.82, 2.24) is 15.3 Å². The third kappa shape index (κ3) is 3.92. The summed E-state index contributed by atoms with van der Waals surface area (Å²) in [5.74, 6) is -0.345. The molecular weight excluding hydrogens is 358 g/mol. The lowest BCUT2D eigenvalue weighted by Gasteiger charge is -2.03. The Morgan fingerprint density at radius 2 is 1.84 bits per heavy atom. The standard InChI is InChI=1S/C17H15N3O3S2/c1-12-9-19-13(10-18-12)11-20-17(21)15-7-8-16(24-15)25(22,23)14-5-3-2-4-6-14/h2-10H,11H2,1H3,(H,20,21). The van der Waals surface area contributed by atoms with Gasteiger partial charge in [-0.1, -0.05) is 18.2 Å². The first kappa shape index (κ1) is 17.2. The number of nitrogens with zero attached hydrogens (tertiary/aromatic N) is 2. The van der Waals surface area contributed by atoms with Crippen LogP contribution in [0.15, 0.2) is 64.0 Å². The van der Waals surface area contributed by atoms with Gasteiger partial charge in [0.2, 0.25) is 9.84 Å². The number of hydrogen-bond donors (Lipinski definition) is 1. The summed E-state index contributed by atoms with van der Waals surface area (Å²) in [4.78, 5) is 21.0. The molecule has 6 nitrogen and oxygen atoms in total. The fourth-order valence-corrected chi connectivity index (χ4v) is 4.72. The van der Waals surface area contributed by atoms with Gasteiger partial charge in [-0.15, -0.1) is 11.3 Å². The molecule has 2 heterocycles. The smallest absolute Gasteiger partial charge is 0.261 e. The van der Waals surface area contributed by atoms with Crippen molar-refractivity contribution in [3.8, 4) is 0 Å². The van der Waals surface area contributed by atoms with Crippen LogP contribution in [0, 0.1) is 6.92 Å². The van der Waals surface area contributed by atoms with Crippen LogP contribution in [0.5, 0.6) is 0 Å². The minimum atomic E-state index is -3.61. The van der Waals surface area contributed by atoms with Crippen LogP contribution in [-0.4, -0.2) is 24.3 Å². The van der Waals surface area contributed by atoms with E-state index in [1.807, 2.05) is 6.92 Å². The highest BCUT2D eigenvalue weighted by Gasteiger charge is 2.21. The number of benzene rings is 1. The zero-order valence-electron chi connectivity index (χ0n) is 13.3. The number of sulfone groups is 1. The first-order valence-corrected chi connectivity index (χ1v) is 9.72. The Morgan fingerprint density at radius 1 is 1.08 bits per heavy atom. The number of nitrogens with one attached hydrogen (secondary N) is 1. The number of hydrogen-bond acceptors (Lipinski definition) is 6. The van der Waals surface area contributed by atoms with E-state index in [1.165, 1.54) is 24.3 Å². The third-order valence-electron chi connectivity index (χ3n) is 3.39. The minimum Gasteiger partial charge on any atom is -0.346 e. The summed E-state index contributed by atoms with van der Waals surface area (Å²) in [5.41, 5.74) is 1.43. The van der Waals surface area contributed by atoms with Crippen molar-refractivity contribution in [3.63, 3.8) is 0 Å². The molecule has 0 radical (unpaired) electrons. The Labute approximate surface area is 149 Å². The van der Waals surface area contributed by atoms with Gasteiger partial charge in [-0.3, -0.25) is 14.8 Å². The molecule has 1 N–H and O–H groups in total. The van der Waals surface area contributed by atoms with Crippen LogP contribution in [0.2, 0.25) is 0 Å². The Bertz CT molecular complexity index is 981. The van der Waals surface area contributed by atoms with Gasteiger partial charge in [0, 0.05) is 6.20 Å². The van der Waals surface area contributed by atoms with E-state index in [0.29, 0.717) is 10.6 Å². The van der Waals surface area contributed by atoms with Crippen LogP contribution >= 0.6 is 11.3 Å². The highest BCUT2D eigenvalue weighted by Crippen LogP contribution is 2.27. The van der Waals surface area contributed by atoms with Gasteiger partial charge in [0.1, 0.15) is 4.21 Å². The molecule has 25 heavy (non-hydrogen) atoms. The van der Waals surface area contributed by atoms with Crippen LogP contribution in [0.4, 0.5) is 0 Å². The monoisotopic (exact) mass is 373 g/mol. The van der Waals surface area contributed by atoms with E-state index in [-0.39, 0.29) is 21.6 Å². The SMILES string of the molecule is Cc1cnc(CNC(=O)c2ccc(S(=O)(=O)c3ccccc3)s2)cn1. The summed E-state index contributed by atoms with van der Waals surface area (Å²) in [6.45, 7) is 2.06. The quantitative estimate of drug-likeness (QED) is 0.743. The Morgan fingerprint density at radius 3 is 2.52 bits per heavy atom. The number of thiophene rings is 1. The molecule has 3 rings (SSSR count). The van der Waals surface area contributed by atoms with Crippen LogP contribution in [0.25, 0.3) is 0 Å². The van der Waals surface area contributed by atoms with E-state index in [2.05, 4.69) is 15.3 Å². The predicted octanol–water partition coefficient (Wildman–Crippen LogP) is 2.61. The summed E-state index contributed by atoms with van der Waals surface area (Å²) >= 11 is 0.944. The molecular formula is C17H15N3O3S2. The lowest BCUT2D eigenvalue weighted by atomic mass is 10.4. The summed E-state index contributed by atoms with van der Waals surface area (Å²) in [5, 5.41) is 2.71. The van der Waals surface area contributed by atoms with Crippen molar-refractivity contribution < 1.29 is 13.2 Å². The summed E-state index contributed by atoms with van der Waals surface area (Å²) < 4.78 is 25.2. The second-order valence-electron chi connectivity index (χ2n) is 5.27. The first-order valence-electron chi connectivity index (χ1n) is 7.42. The molecule has 8 heteroatoms. The normalized spacial score (nSPS) is 11.2. The zero-order chi connectivity index (χ0) is 17.9. The van der Waals surface area contributed by atoms with Crippen molar-refractivity contribution in [3.05, 3.63) is 71.1 Å². The van der Waals surface area contributed by atoms with E-state index >= 15 is 0 Å². The van der Waals surface area contributed by atoms with Crippen molar-refractivity contribution >= 4 is 27.1 Å². The number of carbonyl (C=O) groups excluding carboxylic acids is 1. The van der Waals surface area contributed by atoms with Gasteiger partial charge in [-0.2, -0.15) is 0 Å². The van der Waals surface area contributed by atoms with Gasteiger partial charge >= 0.3 is 0 Å². The largest absolute Gasteiger partial charge is 0.346 e. The molecule has 1 amide bonds. The number of amides is 1. The average Bonchev–Trinajstić information content (AvgIpc) is 3.13. The van der Waals surface area contributed by atoms with Crippen LogP contribution in [-0.2, 0) is 16.4 Å². The van der Waals surface area contributed by atoms with Gasteiger partial charge in [0.25, 0.3) is 5.91 Å². The maximum absolute atomic E-state index is 12.5. The average molecular weight is 373 g/mol. The van der Waals surface area contributed by atoms with Crippen molar-refractivity contribution in [2.75, 3.05) is 0 Å². The maximum Gasteiger partial charge on any atom is 0.261 e. The van der Waals surface area contributed by atoms with E-state index in [1.54, 1.807) is 30.6 Å². The fraction of sp³-hybridized carbons (Fsp3) is 0.118. The number of carbonyl (C=O) groups is 1. The molecule has 0 saturated carbocycles. The van der Waals surface area contributed by atoms with E-state index < -0.39 is 9.84 Å². The van der Waals surface area contributed by atoms with Gasteiger partial charge in [-0.25, -0.2) is 8.42 Å². The van der Waals surface area contributed by atoms with Crippen molar-refractivity contribution in [1.29, 1.82) is 0 Å². The Kier molecular flexibility index (Phi) is 4.91. The second kappa shape index (κ2) is 7.12. The molecule has 0 unspecified atom stereocenters. The molecule has 0 spiro atoms. The summed E-state index contributed by atoms with van der Waals surface area (Å²) in [7, 11) is -3.61. The first-order chi connectivity index (χ1) is 12.0. The second-order valence-corrected chi connectivity index (χ2v) is 8.53. The van der Waals surface area contributed by atoms with Crippen molar-refractivity contribution in [2.24, 2.45) is 0 Å². The number of rotatable bonds is 5. The van der Waals surface area contributed by atoms with E-state index in [4.69, 9.17) is 0 Å². The van der Waals surface area contributed by atoms with Crippen LogP contribution < -0.4 is 5.32 Å². The van der Waals surface area contributed by atoms with E-state index in [9.17, 15) is 13.2 Å². The lowest BCUT2D eigenvalue weighted by Crippen LogP contribution is -2.22. The van der Waals surface area contributed by atoms with Gasteiger partial charge in [0.05, 0.1) is 33.9 Å². The highest BCUT2D eigenvalue weighted by atomic mass is 32.2. The molecule has 0 aliphatic rings. The van der Waals surface area contributed by atoms with Gasteiger partial charge in [-0.05, 0) is 31.2 Å². The van der Waals surface area contributed by atoms with Crippen LogP contribution in [0.3, 0.4) is 0 Å². The van der Waals surface area contributed by atoms with Gasteiger partial charge < -0.3 is 5.32 Å². The van der Waals surface area contributed by atoms with Gasteiger partial charge in [0.15, 0.2) is 0 Å². The molecule has 1 aromatic carbocycles. The fourth-order valence-electron chi connectivity index (χ4n) is 2.07. The molecule has 0 aliphatic carbocycles. The Balaban J connectivity index is 1.72. The molecule has 0 atom stereocenters. The molecule has 3 aromatic rings. The maximum atomic E-state index is 12.5. The number of aromatic nitrogens is 2. The predicted molar refractivity (Wildman–Crippen MR) is 94.2 cm³/mol. The molecule has 128 valence electrons. The van der Waals surface area contributed by atoms with Crippen LogP contribution in [0.1, 0.15) is 21.1 Å². The molecule has 0 saturated heterocycles. The topological polar surface area (TPSA) is 89.0 Å². The third-order valence-corrected chi connectivity index (χ3v) is 6.73. The Hall–Kier alpha value is -2.58. The molecule has 2 aromatic heterocycles. The van der Waals surface area contributed by atoms with Crippen molar-refractivity contribution in [2.45, 2.75) is 22.6 Å². The van der Waals surface area contributed by atoms with E-state index in [0.717, 1.165) is 17.0 Å². The molecule has 0 aliphatic heterocycles. The minimum absolute atomic E-state index is 0.138. The summed E-state index contributed by atoms with van der Waals surface area (Å²) in [6.07, 6.45) is 3.21. The highest BCUT2D eigenvalue weighted by molar-refractivity contribution is 7.93. The number of aryl methyl sites for hydroxylation is 1. The zero-order valence-corrected chi connectivity index (χ0v) is 15.0. The molecule has 0 fully saturated rings. The summed E-state index contributed by atoms with van der Waals surface area (Å²) in [6, 6.07) is 11.1.